The van der Waals surface area contributed by atoms with E-state index >= 15 is 0 Å². The molecule has 0 aliphatic carbocycles. The minimum Gasteiger partial charge on any atom is -0.435 e. The number of methoxy groups -OCH3 is 1. The molecule has 0 unspecified atom stereocenters. The lowest BCUT2D eigenvalue weighted by Gasteiger charge is -2.04. The Bertz CT molecular complexity index is 134. The Balaban J connectivity index is 3.00. The van der Waals surface area contributed by atoms with Gasteiger partial charge in [-0.2, -0.15) is 0 Å². The van der Waals surface area contributed by atoms with Crippen molar-refractivity contribution < 1.29 is 23.7 Å². The summed E-state index contributed by atoms with van der Waals surface area (Å²) in [4.78, 5) is 10.4. The fourth-order valence-electron chi connectivity index (χ4n) is 0.369. The molecule has 0 aromatic carbocycles. The van der Waals surface area contributed by atoms with Gasteiger partial charge in [-0.05, 0) is 0 Å². The van der Waals surface area contributed by atoms with Crippen molar-refractivity contribution in [2.75, 3.05) is 27.5 Å². The molecule has 0 fully saturated rings. The number of carbonyl (C=O) groups is 1. The van der Waals surface area contributed by atoms with E-state index in [4.69, 9.17) is 9.47 Å². The first-order valence-corrected chi connectivity index (χ1v) is 3.25. The van der Waals surface area contributed by atoms with E-state index in [1.54, 1.807) is 0 Å². The van der Waals surface area contributed by atoms with Crippen LogP contribution in [0.25, 0.3) is 0 Å². The summed E-state index contributed by atoms with van der Waals surface area (Å²) in [5.41, 5.74) is 0. The lowest BCUT2D eigenvalue weighted by molar-refractivity contribution is -0.175. The van der Waals surface area contributed by atoms with Gasteiger partial charge in [0.05, 0.1) is 0 Å². The quantitative estimate of drug-likeness (QED) is 0.241. The molecule has 0 aromatic rings. The average molecular weight is 176 g/mol. The normalized spacial score (nSPS) is 9.42. The Morgan fingerprint density at radius 1 is 1.33 bits per heavy atom. The summed E-state index contributed by atoms with van der Waals surface area (Å²) in [7, 11) is 1.50. The summed E-state index contributed by atoms with van der Waals surface area (Å²) >= 11 is 0. The van der Waals surface area contributed by atoms with E-state index in [-0.39, 0.29) is 20.4 Å². The van der Waals surface area contributed by atoms with Gasteiger partial charge < -0.3 is 18.9 Å². The molecule has 0 atom stereocenters. The standard InChI is InChI=1S/C7H12O5/c1-3-7(8)12-6-11-5-10-4-9-2/h3H,1,4-6H2,2H3. The van der Waals surface area contributed by atoms with Gasteiger partial charge in [0.1, 0.15) is 6.79 Å². The molecule has 0 saturated carbocycles. The van der Waals surface area contributed by atoms with Crippen molar-refractivity contribution in [1.29, 1.82) is 0 Å². The summed E-state index contributed by atoms with van der Waals surface area (Å²) in [5, 5.41) is 0. The number of esters is 1. The summed E-state index contributed by atoms with van der Waals surface area (Å²) in [5.74, 6) is -0.526. The maximum absolute atomic E-state index is 10.4. The topological polar surface area (TPSA) is 54.0 Å². The summed E-state index contributed by atoms with van der Waals surface area (Å²) in [6.07, 6.45) is 1.05. The van der Waals surface area contributed by atoms with E-state index in [0.717, 1.165) is 6.08 Å². The smallest absolute Gasteiger partial charge is 0.332 e. The molecule has 0 aliphatic heterocycles. The maximum Gasteiger partial charge on any atom is 0.332 e. The zero-order valence-corrected chi connectivity index (χ0v) is 6.95. The van der Waals surface area contributed by atoms with Crippen molar-refractivity contribution in [2.24, 2.45) is 0 Å². The zero-order chi connectivity index (χ0) is 9.23. The largest absolute Gasteiger partial charge is 0.435 e. The summed E-state index contributed by atoms with van der Waals surface area (Å²) < 4.78 is 18.5. The highest BCUT2D eigenvalue weighted by molar-refractivity contribution is 5.81. The van der Waals surface area contributed by atoms with Crippen LogP contribution in [-0.2, 0) is 23.7 Å². The van der Waals surface area contributed by atoms with Crippen LogP contribution in [0.5, 0.6) is 0 Å². The van der Waals surface area contributed by atoms with Crippen LogP contribution in [0.15, 0.2) is 12.7 Å². The highest BCUT2D eigenvalue weighted by atomic mass is 16.8. The Morgan fingerprint density at radius 3 is 2.58 bits per heavy atom. The number of hydrogen-bond donors (Lipinski definition) is 0. The predicted octanol–water partition coefficient (Wildman–Crippen LogP) is 0.268. The van der Waals surface area contributed by atoms with Crippen molar-refractivity contribution >= 4 is 5.97 Å². The molecule has 0 heterocycles. The molecular formula is C7H12O5. The zero-order valence-electron chi connectivity index (χ0n) is 6.95. The van der Waals surface area contributed by atoms with Gasteiger partial charge in [0.15, 0.2) is 13.6 Å². The lowest BCUT2D eigenvalue weighted by Crippen LogP contribution is -2.08. The second kappa shape index (κ2) is 8.19. The van der Waals surface area contributed by atoms with Crippen LogP contribution < -0.4 is 0 Å². The van der Waals surface area contributed by atoms with Gasteiger partial charge in [0, 0.05) is 13.2 Å². The number of carbonyl (C=O) groups excluding carboxylic acids is 1. The van der Waals surface area contributed by atoms with Gasteiger partial charge in [-0.15, -0.1) is 0 Å². The molecule has 0 aromatic heterocycles. The molecule has 5 heteroatoms. The molecular weight excluding hydrogens is 164 g/mol. The first-order valence-electron chi connectivity index (χ1n) is 3.25. The highest BCUT2D eigenvalue weighted by Crippen LogP contribution is 1.82. The van der Waals surface area contributed by atoms with Crippen molar-refractivity contribution in [3.05, 3.63) is 12.7 Å². The van der Waals surface area contributed by atoms with Crippen molar-refractivity contribution in [3.63, 3.8) is 0 Å². The monoisotopic (exact) mass is 176 g/mol. The number of rotatable bonds is 7. The Kier molecular flexibility index (Phi) is 7.57. The highest BCUT2D eigenvalue weighted by Gasteiger charge is 1.93. The summed E-state index contributed by atoms with van der Waals surface area (Å²) in [6, 6.07) is 0. The summed E-state index contributed by atoms with van der Waals surface area (Å²) in [6.45, 7) is 3.24. The third-order valence-electron chi connectivity index (χ3n) is 0.819. The first kappa shape index (κ1) is 11.1. The fraction of sp³-hybridized carbons (Fsp3) is 0.571. The Labute approximate surface area is 70.9 Å². The van der Waals surface area contributed by atoms with Crippen molar-refractivity contribution in [1.82, 2.24) is 0 Å². The third kappa shape index (κ3) is 7.20. The van der Waals surface area contributed by atoms with Gasteiger partial charge in [0.2, 0.25) is 0 Å². The van der Waals surface area contributed by atoms with Crippen molar-refractivity contribution in [3.8, 4) is 0 Å². The molecule has 0 amide bonds. The van der Waals surface area contributed by atoms with E-state index in [2.05, 4.69) is 16.1 Å². The van der Waals surface area contributed by atoms with Gasteiger partial charge >= 0.3 is 5.97 Å². The molecule has 5 nitrogen and oxygen atoms in total. The molecule has 0 bridgehead atoms. The van der Waals surface area contributed by atoms with Crippen molar-refractivity contribution in [2.45, 2.75) is 0 Å². The van der Waals surface area contributed by atoms with E-state index in [0.29, 0.717) is 0 Å². The molecule has 0 N–H and O–H groups in total. The second-order valence-electron chi connectivity index (χ2n) is 1.72. The van der Waals surface area contributed by atoms with Gasteiger partial charge in [-0.3, -0.25) is 0 Å². The van der Waals surface area contributed by atoms with Crippen LogP contribution in [-0.4, -0.2) is 33.5 Å². The molecule has 0 rings (SSSR count). The predicted molar refractivity (Wildman–Crippen MR) is 40.1 cm³/mol. The van der Waals surface area contributed by atoms with Crippen LogP contribution in [0.3, 0.4) is 0 Å². The SMILES string of the molecule is C=CC(=O)OCOCOCOC. The van der Waals surface area contributed by atoms with E-state index in [9.17, 15) is 4.79 Å². The van der Waals surface area contributed by atoms with Gasteiger partial charge in [0.25, 0.3) is 0 Å². The van der Waals surface area contributed by atoms with Gasteiger partial charge in [-0.1, -0.05) is 6.58 Å². The molecule has 0 spiro atoms. The minimum absolute atomic E-state index is 0.0261. The van der Waals surface area contributed by atoms with Crippen LogP contribution in [0.1, 0.15) is 0 Å². The number of hydrogen-bond acceptors (Lipinski definition) is 5. The molecule has 70 valence electrons. The van der Waals surface area contributed by atoms with Gasteiger partial charge in [-0.25, -0.2) is 4.79 Å². The van der Waals surface area contributed by atoms with E-state index in [1.165, 1.54) is 7.11 Å². The molecule has 0 radical (unpaired) electrons. The fourth-order valence-corrected chi connectivity index (χ4v) is 0.369. The Morgan fingerprint density at radius 2 is 2.00 bits per heavy atom. The first-order chi connectivity index (χ1) is 5.81. The number of ether oxygens (including phenoxy) is 4. The lowest BCUT2D eigenvalue weighted by atomic mass is 10.7. The third-order valence-corrected chi connectivity index (χ3v) is 0.819. The average Bonchev–Trinajstić information content (AvgIpc) is 2.10. The van der Waals surface area contributed by atoms with E-state index < -0.39 is 5.97 Å². The van der Waals surface area contributed by atoms with Crippen LogP contribution in [0.4, 0.5) is 0 Å². The Hall–Kier alpha value is -0.910. The molecule has 0 aliphatic rings. The van der Waals surface area contributed by atoms with Crippen LogP contribution in [0, 0.1) is 0 Å². The molecule has 12 heavy (non-hydrogen) atoms. The minimum atomic E-state index is -0.526. The second-order valence-corrected chi connectivity index (χ2v) is 1.72. The van der Waals surface area contributed by atoms with Crippen LogP contribution >= 0.6 is 0 Å². The maximum atomic E-state index is 10.4. The van der Waals surface area contributed by atoms with Crippen LogP contribution in [0.2, 0.25) is 0 Å². The molecule has 0 saturated heterocycles. The van der Waals surface area contributed by atoms with E-state index in [1.807, 2.05) is 0 Å².